The quantitative estimate of drug-likeness (QED) is 0.656. The highest BCUT2D eigenvalue weighted by molar-refractivity contribution is 6.11. The van der Waals surface area contributed by atoms with Crippen LogP contribution in [0, 0.1) is 0 Å². The lowest BCUT2D eigenvalue weighted by Crippen LogP contribution is -2.49. The van der Waals surface area contributed by atoms with Gasteiger partial charge in [0.15, 0.2) is 0 Å². The van der Waals surface area contributed by atoms with Crippen LogP contribution in [0.4, 0.5) is 10.5 Å². The number of ether oxygens (including phenoxy) is 1. The van der Waals surface area contributed by atoms with Gasteiger partial charge in [-0.05, 0) is 37.8 Å². The lowest BCUT2D eigenvalue weighted by atomic mass is 9.81. The lowest BCUT2D eigenvalue weighted by molar-refractivity contribution is -0.136. The highest BCUT2D eigenvalue weighted by atomic mass is 16.5. The molecule has 0 aromatic heterocycles. The Morgan fingerprint density at radius 3 is 2.59 bits per heavy atom. The van der Waals surface area contributed by atoms with Gasteiger partial charge in [-0.25, -0.2) is 4.79 Å². The Morgan fingerprint density at radius 2 is 1.88 bits per heavy atom. The number of nitrogens with one attached hydrogen (secondary N) is 2. The Kier molecular flexibility index (Phi) is 6.45. The molecule has 2 N–H and O–H groups in total. The summed E-state index contributed by atoms with van der Waals surface area (Å²) in [6, 6.07) is 6.23. The third-order valence-electron chi connectivity index (χ3n) is 6.75. The van der Waals surface area contributed by atoms with Gasteiger partial charge in [-0.1, -0.05) is 31.4 Å². The smallest absolute Gasteiger partial charge is 0.327 e. The van der Waals surface area contributed by atoms with Crippen molar-refractivity contribution < 1.29 is 23.9 Å². The molecule has 0 radical (unpaired) electrons. The molecule has 3 fully saturated rings. The monoisotopic (exact) mass is 442 g/mol. The van der Waals surface area contributed by atoms with Crippen molar-refractivity contribution in [1.29, 1.82) is 0 Å². The summed E-state index contributed by atoms with van der Waals surface area (Å²) >= 11 is 0. The number of para-hydroxylation sites is 1. The third kappa shape index (κ3) is 4.21. The second kappa shape index (κ2) is 9.28. The van der Waals surface area contributed by atoms with Gasteiger partial charge in [0, 0.05) is 20.2 Å². The minimum absolute atomic E-state index is 0.0111. The van der Waals surface area contributed by atoms with Crippen LogP contribution in [0.5, 0.6) is 0 Å². The van der Waals surface area contributed by atoms with E-state index in [0.29, 0.717) is 37.2 Å². The molecule has 3 aliphatic rings. The van der Waals surface area contributed by atoms with Crippen molar-refractivity contribution in [2.24, 2.45) is 0 Å². The summed E-state index contributed by atoms with van der Waals surface area (Å²) < 4.78 is 5.53. The highest BCUT2D eigenvalue weighted by Gasteiger charge is 2.55. The Bertz CT molecular complexity index is 905. The van der Waals surface area contributed by atoms with Crippen LogP contribution < -0.4 is 10.6 Å². The van der Waals surface area contributed by atoms with E-state index in [1.807, 2.05) is 0 Å². The molecule has 4 rings (SSSR count). The number of amides is 5. The van der Waals surface area contributed by atoms with Crippen molar-refractivity contribution in [1.82, 2.24) is 15.1 Å². The SMILES string of the molecule is CN1C(=O)N(CC(=O)Nc2ccccc2C(=O)NCC2CCCO2)C(=O)C12CCCCC2. The average Bonchev–Trinajstić information content (AvgIpc) is 3.38. The average molecular weight is 443 g/mol. The standard InChI is InChI=1S/C23H30N4O5/c1-26-22(31)27(21(30)23(26)11-5-2-6-12-23)15-19(28)25-18-10-4-3-9-17(18)20(29)24-14-16-8-7-13-32-16/h3-4,9-10,16H,2,5-8,11-15H2,1H3,(H,24,29)(H,25,28). The zero-order valence-electron chi connectivity index (χ0n) is 18.4. The van der Waals surface area contributed by atoms with E-state index >= 15 is 0 Å². The maximum atomic E-state index is 13.1. The van der Waals surface area contributed by atoms with Crippen molar-refractivity contribution in [2.75, 3.05) is 32.1 Å². The fourth-order valence-corrected chi connectivity index (χ4v) is 4.90. The lowest BCUT2D eigenvalue weighted by Gasteiger charge is -2.35. The second-order valence-corrected chi connectivity index (χ2v) is 8.76. The Morgan fingerprint density at radius 1 is 1.12 bits per heavy atom. The summed E-state index contributed by atoms with van der Waals surface area (Å²) in [4.78, 5) is 53.8. The number of hydrogen-bond donors (Lipinski definition) is 2. The Hall–Kier alpha value is -2.94. The van der Waals surface area contributed by atoms with E-state index in [0.717, 1.165) is 37.0 Å². The van der Waals surface area contributed by atoms with Gasteiger partial charge in [-0.15, -0.1) is 0 Å². The van der Waals surface area contributed by atoms with Gasteiger partial charge < -0.3 is 20.3 Å². The van der Waals surface area contributed by atoms with Crippen molar-refractivity contribution in [2.45, 2.75) is 56.6 Å². The van der Waals surface area contributed by atoms with Crippen LogP contribution in [0.2, 0.25) is 0 Å². The molecular weight excluding hydrogens is 412 g/mol. The zero-order chi connectivity index (χ0) is 22.7. The van der Waals surface area contributed by atoms with Crippen LogP contribution in [0.15, 0.2) is 24.3 Å². The van der Waals surface area contributed by atoms with E-state index in [4.69, 9.17) is 4.74 Å². The van der Waals surface area contributed by atoms with Gasteiger partial charge >= 0.3 is 6.03 Å². The number of carbonyl (C=O) groups is 4. The summed E-state index contributed by atoms with van der Waals surface area (Å²) in [6.45, 7) is 0.736. The predicted molar refractivity (Wildman–Crippen MR) is 117 cm³/mol. The van der Waals surface area contributed by atoms with Crippen molar-refractivity contribution in [3.8, 4) is 0 Å². The molecule has 1 aromatic carbocycles. The van der Waals surface area contributed by atoms with Crippen molar-refractivity contribution in [3.63, 3.8) is 0 Å². The normalized spacial score (nSPS) is 22.5. The van der Waals surface area contributed by atoms with Gasteiger partial charge in [0.2, 0.25) is 5.91 Å². The van der Waals surface area contributed by atoms with Crippen LogP contribution >= 0.6 is 0 Å². The number of rotatable bonds is 6. The van der Waals surface area contributed by atoms with E-state index in [1.54, 1.807) is 31.3 Å². The van der Waals surface area contributed by atoms with Gasteiger partial charge in [-0.2, -0.15) is 0 Å². The number of urea groups is 1. The summed E-state index contributed by atoms with van der Waals surface area (Å²) in [5.41, 5.74) is -0.170. The molecule has 0 bridgehead atoms. The number of benzene rings is 1. The van der Waals surface area contributed by atoms with Gasteiger partial charge in [0.25, 0.3) is 11.8 Å². The number of imide groups is 1. The van der Waals surface area contributed by atoms with Crippen LogP contribution in [0.1, 0.15) is 55.3 Å². The molecule has 1 atom stereocenters. The number of hydrogen-bond acceptors (Lipinski definition) is 5. The van der Waals surface area contributed by atoms with Crippen LogP contribution in [-0.4, -0.2) is 71.9 Å². The minimum Gasteiger partial charge on any atom is -0.376 e. The molecule has 1 aliphatic carbocycles. The number of anilines is 1. The molecule has 1 spiro atoms. The molecule has 2 heterocycles. The first kappa shape index (κ1) is 22.3. The Labute approximate surface area is 187 Å². The first-order chi connectivity index (χ1) is 15.4. The molecular formula is C23H30N4O5. The van der Waals surface area contributed by atoms with Crippen molar-refractivity contribution in [3.05, 3.63) is 29.8 Å². The fourth-order valence-electron chi connectivity index (χ4n) is 4.90. The topological polar surface area (TPSA) is 108 Å². The summed E-state index contributed by atoms with van der Waals surface area (Å²) in [5.74, 6) is -1.14. The van der Waals surface area contributed by atoms with Gasteiger partial charge in [0.1, 0.15) is 12.1 Å². The molecule has 1 saturated carbocycles. The fraction of sp³-hybridized carbons (Fsp3) is 0.565. The molecule has 172 valence electrons. The van der Waals surface area contributed by atoms with Crippen molar-refractivity contribution >= 4 is 29.4 Å². The zero-order valence-corrected chi connectivity index (χ0v) is 18.4. The first-order valence-corrected chi connectivity index (χ1v) is 11.3. The van der Waals surface area contributed by atoms with E-state index in [-0.39, 0.29) is 24.5 Å². The van der Waals surface area contributed by atoms with E-state index in [9.17, 15) is 19.2 Å². The molecule has 5 amide bonds. The summed E-state index contributed by atoms with van der Waals surface area (Å²) in [6.07, 6.45) is 5.97. The summed E-state index contributed by atoms with van der Waals surface area (Å²) in [5, 5.41) is 5.54. The molecule has 2 saturated heterocycles. The molecule has 9 nitrogen and oxygen atoms in total. The molecule has 2 aliphatic heterocycles. The number of likely N-dealkylation sites (N-methyl/N-ethyl adjacent to an activating group) is 1. The second-order valence-electron chi connectivity index (χ2n) is 8.76. The van der Waals surface area contributed by atoms with Crippen LogP contribution in [0.25, 0.3) is 0 Å². The predicted octanol–water partition coefficient (Wildman–Crippen LogP) is 2.13. The van der Waals surface area contributed by atoms with Crippen LogP contribution in [-0.2, 0) is 14.3 Å². The summed E-state index contributed by atoms with van der Waals surface area (Å²) in [7, 11) is 1.64. The van der Waals surface area contributed by atoms with E-state index in [1.165, 1.54) is 4.90 Å². The first-order valence-electron chi connectivity index (χ1n) is 11.3. The maximum absolute atomic E-state index is 13.1. The Balaban J connectivity index is 1.40. The number of nitrogens with zero attached hydrogens (tertiary/aromatic N) is 2. The molecule has 1 unspecified atom stereocenters. The number of carbonyl (C=O) groups excluding carboxylic acids is 4. The minimum atomic E-state index is -0.824. The maximum Gasteiger partial charge on any atom is 0.327 e. The van der Waals surface area contributed by atoms with Crippen LogP contribution in [0.3, 0.4) is 0 Å². The highest BCUT2D eigenvalue weighted by Crippen LogP contribution is 2.39. The van der Waals surface area contributed by atoms with E-state index < -0.39 is 17.5 Å². The largest absolute Gasteiger partial charge is 0.376 e. The van der Waals surface area contributed by atoms with Gasteiger partial charge in [0.05, 0.1) is 17.4 Å². The third-order valence-corrected chi connectivity index (χ3v) is 6.75. The molecule has 9 heteroatoms. The van der Waals surface area contributed by atoms with Gasteiger partial charge in [-0.3, -0.25) is 19.3 Å². The molecule has 1 aromatic rings. The van der Waals surface area contributed by atoms with E-state index in [2.05, 4.69) is 10.6 Å². The molecule has 32 heavy (non-hydrogen) atoms.